The van der Waals surface area contributed by atoms with E-state index in [0.29, 0.717) is 6.54 Å². The van der Waals surface area contributed by atoms with Crippen LogP contribution in [0.5, 0.6) is 5.75 Å². The van der Waals surface area contributed by atoms with Crippen molar-refractivity contribution in [3.8, 4) is 5.75 Å². The summed E-state index contributed by atoms with van der Waals surface area (Å²) < 4.78 is 13.1. The molecule has 1 saturated carbocycles. The number of halogens is 1. The number of hydrogen-bond donors (Lipinski definition) is 2. The Labute approximate surface area is 127 Å². The highest BCUT2D eigenvalue weighted by atomic mass is 19.1. The van der Waals surface area contributed by atoms with Crippen LogP contribution >= 0.6 is 0 Å². The van der Waals surface area contributed by atoms with E-state index >= 15 is 0 Å². The third kappa shape index (κ3) is 5.64. The Balaban J connectivity index is 1.61. The highest BCUT2D eigenvalue weighted by Gasteiger charge is 2.17. The lowest BCUT2D eigenvalue weighted by atomic mass is 9.94. The molecule has 1 aromatic carbocycles. The molecule has 1 aliphatic rings. The fourth-order valence-electron chi connectivity index (χ4n) is 3.13. The summed E-state index contributed by atoms with van der Waals surface area (Å²) in [7, 11) is 2.22. The quantitative estimate of drug-likeness (QED) is 0.758. The Kier molecular flexibility index (Phi) is 6.46. The SMILES string of the molecule is CN(CCCNCc1cc(O)cc(F)c1)C1CCCCC1. The van der Waals surface area contributed by atoms with Crippen molar-refractivity contribution in [3.63, 3.8) is 0 Å². The van der Waals surface area contributed by atoms with Gasteiger partial charge in [0.1, 0.15) is 11.6 Å². The first-order valence-corrected chi connectivity index (χ1v) is 8.04. The van der Waals surface area contributed by atoms with Crippen molar-refractivity contribution in [1.82, 2.24) is 10.2 Å². The van der Waals surface area contributed by atoms with Gasteiger partial charge in [-0.3, -0.25) is 0 Å². The third-order valence-corrected chi connectivity index (χ3v) is 4.33. The van der Waals surface area contributed by atoms with Crippen LogP contribution < -0.4 is 5.32 Å². The Morgan fingerprint density at radius 1 is 1.24 bits per heavy atom. The number of phenolic OH excluding ortho intramolecular Hbond substituents is 1. The summed E-state index contributed by atoms with van der Waals surface area (Å²) in [6.07, 6.45) is 7.91. The summed E-state index contributed by atoms with van der Waals surface area (Å²) in [6.45, 7) is 2.61. The van der Waals surface area contributed by atoms with Crippen LogP contribution in [0.1, 0.15) is 44.1 Å². The van der Waals surface area contributed by atoms with Crippen molar-refractivity contribution in [3.05, 3.63) is 29.6 Å². The van der Waals surface area contributed by atoms with Crippen LogP contribution in [0.25, 0.3) is 0 Å². The first-order valence-electron chi connectivity index (χ1n) is 8.04. The molecule has 1 aromatic rings. The lowest BCUT2D eigenvalue weighted by molar-refractivity contribution is 0.189. The Morgan fingerprint density at radius 3 is 2.71 bits per heavy atom. The zero-order chi connectivity index (χ0) is 15.1. The van der Waals surface area contributed by atoms with E-state index in [9.17, 15) is 9.50 Å². The summed E-state index contributed by atoms with van der Waals surface area (Å²) in [6, 6.07) is 4.95. The molecule has 0 aliphatic heterocycles. The van der Waals surface area contributed by atoms with Crippen molar-refractivity contribution in [2.75, 3.05) is 20.1 Å². The second-order valence-electron chi connectivity index (χ2n) is 6.12. The van der Waals surface area contributed by atoms with Crippen LogP contribution in [0, 0.1) is 5.82 Å². The van der Waals surface area contributed by atoms with E-state index < -0.39 is 0 Å². The lowest BCUT2D eigenvalue weighted by Crippen LogP contribution is -2.35. The molecule has 0 aromatic heterocycles. The molecule has 2 N–H and O–H groups in total. The van der Waals surface area contributed by atoms with Gasteiger partial charge in [-0.15, -0.1) is 0 Å². The van der Waals surface area contributed by atoms with Gasteiger partial charge in [0.2, 0.25) is 0 Å². The van der Waals surface area contributed by atoms with Crippen molar-refractivity contribution < 1.29 is 9.50 Å². The third-order valence-electron chi connectivity index (χ3n) is 4.33. The molecule has 21 heavy (non-hydrogen) atoms. The van der Waals surface area contributed by atoms with E-state index in [1.165, 1.54) is 38.2 Å². The van der Waals surface area contributed by atoms with E-state index in [0.717, 1.165) is 37.2 Å². The van der Waals surface area contributed by atoms with E-state index in [1.807, 2.05) is 0 Å². The van der Waals surface area contributed by atoms with Gasteiger partial charge in [-0.25, -0.2) is 4.39 Å². The maximum Gasteiger partial charge on any atom is 0.127 e. The smallest absolute Gasteiger partial charge is 0.127 e. The van der Waals surface area contributed by atoms with Crippen molar-refractivity contribution in [2.45, 2.75) is 51.1 Å². The van der Waals surface area contributed by atoms with Gasteiger partial charge in [-0.05, 0) is 57.1 Å². The van der Waals surface area contributed by atoms with Crippen LogP contribution in [-0.4, -0.2) is 36.2 Å². The van der Waals surface area contributed by atoms with Gasteiger partial charge in [0, 0.05) is 18.7 Å². The topological polar surface area (TPSA) is 35.5 Å². The maximum atomic E-state index is 13.1. The molecule has 4 heteroatoms. The molecule has 1 aliphatic carbocycles. The standard InChI is InChI=1S/C17H27FN2O/c1-20(16-6-3-2-4-7-16)9-5-8-19-13-14-10-15(18)12-17(21)11-14/h10-12,16,19,21H,2-9,13H2,1H3. The van der Waals surface area contributed by atoms with Crippen LogP contribution in [0.4, 0.5) is 4.39 Å². The number of phenols is 1. The molecule has 0 saturated heterocycles. The molecule has 0 unspecified atom stereocenters. The zero-order valence-electron chi connectivity index (χ0n) is 12.9. The van der Waals surface area contributed by atoms with Crippen LogP contribution in [0.2, 0.25) is 0 Å². The molecule has 3 nitrogen and oxygen atoms in total. The predicted molar refractivity (Wildman–Crippen MR) is 83.9 cm³/mol. The number of rotatable bonds is 7. The number of nitrogens with zero attached hydrogens (tertiary/aromatic N) is 1. The van der Waals surface area contributed by atoms with E-state index in [2.05, 4.69) is 17.3 Å². The molecular weight excluding hydrogens is 267 g/mol. The van der Waals surface area contributed by atoms with Crippen molar-refractivity contribution in [1.29, 1.82) is 0 Å². The molecule has 0 heterocycles. The molecule has 0 atom stereocenters. The molecule has 0 bridgehead atoms. The molecule has 118 valence electrons. The second kappa shape index (κ2) is 8.35. The minimum absolute atomic E-state index is 0.0103. The summed E-state index contributed by atoms with van der Waals surface area (Å²) in [5.41, 5.74) is 0.785. The second-order valence-corrected chi connectivity index (χ2v) is 6.12. The van der Waals surface area contributed by atoms with E-state index in [-0.39, 0.29) is 11.6 Å². The van der Waals surface area contributed by atoms with Gasteiger partial charge >= 0.3 is 0 Å². The monoisotopic (exact) mass is 294 g/mol. The van der Waals surface area contributed by atoms with Gasteiger partial charge in [0.05, 0.1) is 0 Å². The molecule has 2 rings (SSSR count). The highest BCUT2D eigenvalue weighted by Crippen LogP contribution is 2.21. The molecule has 0 amide bonds. The number of hydrogen-bond acceptors (Lipinski definition) is 3. The minimum atomic E-state index is -0.385. The Morgan fingerprint density at radius 2 is 2.00 bits per heavy atom. The molecule has 0 spiro atoms. The number of aromatic hydroxyl groups is 1. The number of nitrogens with one attached hydrogen (secondary N) is 1. The summed E-state index contributed by atoms with van der Waals surface area (Å²) >= 11 is 0. The van der Waals surface area contributed by atoms with Gasteiger partial charge in [0.25, 0.3) is 0 Å². The molecular formula is C17H27FN2O. The largest absolute Gasteiger partial charge is 0.508 e. The zero-order valence-corrected chi connectivity index (χ0v) is 12.9. The molecule has 0 radical (unpaired) electrons. The predicted octanol–water partition coefficient (Wildman–Crippen LogP) is 3.28. The summed E-state index contributed by atoms with van der Waals surface area (Å²) in [5.74, 6) is -0.396. The minimum Gasteiger partial charge on any atom is -0.508 e. The Hall–Kier alpha value is -1.13. The fraction of sp³-hybridized carbons (Fsp3) is 0.647. The lowest BCUT2D eigenvalue weighted by Gasteiger charge is -2.31. The highest BCUT2D eigenvalue weighted by molar-refractivity contribution is 5.28. The number of benzene rings is 1. The Bertz CT molecular complexity index is 413. The van der Waals surface area contributed by atoms with Gasteiger partial charge in [-0.1, -0.05) is 19.3 Å². The maximum absolute atomic E-state index is 13.1. The first-order chi connectivity index (χ1) is 10.1. The summed E-state index contributed by atoms with van der Waals surface area (Å²) in [5, 5.41) is 12.6. The first kappa shape index (κ1) is 16.2. The normalized spacial score (nSPS) is 16.5. The van der Waals surface area contributed by atoms with Crippen molar-refractivity contribution >= 4 is 0 Å². The van der Waals surface area contributed by atoms with Gasteiger partial charge in [-0.2, -0.15) is 0 Å². The summed E-state index contributed by atoms with van der Waals surface area (Å²) in [4.78, 5) is 2.48. The average molecular weight is 294 g/mol. The van der Waals surface area contributed by atoms with Gasteiger partial charge < -0.3 is 15.3 Å². The van der Waals surface area contributed by atoms with Crippen LogP contribution in [-0.2, 0) is 6.54 Å². The fourth-order valence-corrected chi connectivity index (χ4v) is 3.13. The van der Waals surface area contributed by atoms with Gasteiger partial charge in [0.15, 0.2) is 0 Å². The van der Waals surface area contributed by atoms with E-state index in [4.69, 9.17) is 0 Å². The van der Waals surface area contributed by atoms with Crippen LogP contribution in [0.3, 0.4) is 0 Å². The van der Waals surface area contributed by atoms with Crippen molar-refractivity contribution in [2.24, 2.45) is 0 Å². The average Bonchev–Trinajstić information content (AvgIpc) is 2.46. The molecule has 1 fully saturated rings. The van der Waals surface area contributed by atoms with E-state index in [1.54, 1.807) is 6.07 Å². The van der Waals surface area contributed by atoms with Crippen LogP contribution in [0.15, 0.2) is 18.2 Å².